The topological polar surface area (TPSA) is 47.6 Å². The van der Waals surface area contributed by atoms with Crippen LogP contribution in [0.2, 0.25) is 0 Å². The Bertz CT molecular complexity index is 566. The van der Waals surface area contributed by atoms with E-state index >= 15 is 0 Å². The number of nitrogens with one attached hydrogen (secondary N) is 1. The third kappa shape index (κ3) is 4.61. The van der Waals surface area contributed by atoms with Gasteiger partial charge in [0.1, 0.15) is 18.5 Å². The molecule has 0 aliphatic heterocycles. The predicted molar refractivity (Wildman–Crippen MR) is 82.3 cm³/mol. The van der Waals surface area contributed by atoms with Crippen LogP contribution in [0, 0.1) is 0 Å². The molecule has 1 amide bonds. The van der Waals surface area contributed by atoms with Gasteiger partial charge in [-0.3, -0.25) is 4.79 Å². The minimum Gasteiger partial charge on any atom is -0.489 e. The molecule has 0 saturated carbocycles. The van der Waals surface area contributed by atoms with E-state index in [2.05, 4.69) is 5.32 Å². The second kappa shape index (κ2) is 7.45. The van der Waals surface area contributed by atoms with E-state index in [0.29, 0.717) is 6.61 Å². The Hall–Kier alpha value is -2.33. The second-order valence-electron chi connectivity index (χ2n) is 4.67. The van der Waals surface area contributed by atoms with E-state index < -0.39 is 6.10 Å². The molecule has 2 aromatic rings. The lowest BCUT2D eigenvalue weighted by molar-refractivity contribution is -0.124. The number of carbonyl (C=O) groups is 1. The average molecular weight is 285 g/mol. The summed E-state index contributed by atoms with van der Waals surface area (Å²) >= 11 is 0. The van der Waals surface area contributed by atoms with Crippen LogP contribution in [0.1, 0.15) is 12.5 Å². The minimum atomic E-state index is -0.473. The molecular formula is C17H19NO3. The van der Waals surface area contributed by atoms with Gasteiger partial charge in [-0.15, -0.1) is 0 Å². The van der Waals surface area contributed by atoms with Crippen molar-refractivity contribution in [2.24, 2.45) is 0 Å². The van der Waals surface area contributed by atoms with E-state index in [1.165, 1.54) is 7.11 Å². The van der Waals surface area contributed by atoms with Crippen molar-refractivity contribution in [1.29, 1.82) is 0 Å². The molecule has 2 aromatic carbocycles. The van der Waals surface area contributed by atoms with Crippen molar-refractivity contribution in [2.75, 3.05) is 12.4 Å². The molecule has 1 N–H and O–H groups in total. The number of carbonyl (C=O) groups excluding carboxylic acids is 1. The summed E-state index contributed by atoms with van der Waals surface area (Å²) in [6.45, 7) is 2.22. The quantitative estimate of drug-likeness (QED) is 0.886. The Balaban J connectivity index is 1.88. The number of methoxy groups -OCH3 is 1. The first-order valence-electron chi connectivity index (χ1n) is 6.79. The standard InChI is InChI=1S/C17H19NO3/c1-13(20-2)17(19)18-15-8-10-16(11-9-15)21-12-14-6-4-3-5-7-14/h3-11,13H,12H2,1-2H3,(H,18,19). The van der Waals surface area contributed by atoms with Crippen molar-refractivity contribution >= 4 is 11.6 Å². The maximum Gasteiger partial charge on any atom is 0.253 e. The fraction of sp³-hybridized carbons (Fsp3) is 0.235. The lowest BCUT2D eigenvalue weighted by Crippen LogP contribution is -2.26. The van der Waals surface area contributed by atoms with Crippen LogP contribution >= 0.6 is 0 Å². The summed E-state index contributed by atoms with van der Waals surface area (Å²) < 4.78 is 10.6. The zero-order valence-corrected chi connectivity index (χ0v) is 12.2. The molecule has 1 atom stereocenters. The Labute approximate surface area is 124 Å². The van der Waals surface area contributed by atoms with Crippen molar-refractivity contribution in [3.63, 3.8) is 0 Å². The van der Waals surface area contributed by atoms with E-state index in [-0.39, 0.29) is 5.91 Å². The van der Waals surface area contributed by atoms with E-state index in [1.807, 2.05) is 42.5 Å². The van der Waals surface area contributed by atoms with Crippen molar-refractivity contribution in [2.45, 2.75) is 19.6 Å². The number of anilines is 1. The molecule has 0 aliphatic rings. The Kier molecular flexibility index (Phi) is 5.35. The number of ether oxygens (including phenoxy) is 2. The van der Waals surface area contributed by atoms with Crippen LogP contribution in [0.4, 0.5) is 5.69 Å². The van der Waals surface area contributed by atoms with Gasteiger partial charge in [-0.2, -0.15) is 0 Å². The number of hydrogen-bond acceptors (Lipinski definition) is 3. The van der Waals surface area contributed by atoms with E-state index in [0.717, 1.165) is 17.0 Å². The van der Waals surface area contributed by atoms with Gasteiger partial charge in [0.2, 0.25) is 0 Å². The largest absolute Gasteiger partial charge is 0.489 e. The summed E-state index contributed by atoms with van der Waals surface area (Å²) in [5.74, 6) is 0.590. The maximum absolute atomic E-state index is 11.7. The molecule has 0 saturated heterocycles. The molecule has 1 unspecified atom stereocenters. The Morgan fingerprint density at radius 1 is 1.10 bits per heavy atom. The van der Waals surface area contributed by atoms with Gasteiger partial charge in [-0.05, 0) is 36.8 Å². The number of amides is 1. The van der Waals surface area contributed by atoms with E-state index in [9.17, 15) is 4.79 Å². The Morgan fingerprint density at radius 3 is 2.38 bits per heavy atom. The molecular weight excluding hydrogens is 266 g/mol. The monoisotopic (exact) mass is 285 g/mol. The minimum absolute atomic E-state index is 0.171. The van der Waals surface area contributed by atoms with Crippen molar-refractivity contribution in [1.82, 2.24) is 0 Å². The molecule has 4 heteroatoms. The van der Waals surface area contributed by atoms with Crippen LogP contribution in [-0.2, 0) is 16.1 Å². The fourth-order valence-electron chi connectivity index (χ4n) is 1.73. The van der Waals surface area contributed by atoms with Gasteiger partial charge in [-0.1, -0.05) is 30.3 Å². The summed E-state index contributed by atoms with van der Waals surface area (Å²) in [6, 6.07) is 17.2. The molecule has 0 spiro atoms. The van der Waals surface area contributed by atoms with Crippen molar-refractivity contribution in [3.05, 3.63) is 60.2 Å². The van der Waals surface area contributed by atoms with Gasteiger partial charge < -0.3 is 14.8 Å². The molecule has 0 heterocycles. The first kappa shape index (κ1) is 15.1. The molecule has 0 fully saturated rings. The van der Waals surface area contributed by atoms with E-state index in [1.54, 1.807) is 19.1 Å². The molecule has 0 aromatic heterocycles. The van der Waals surface area contributed by atoms with Gasteiger partial charge in [0.05, 0.1) is 0 Å². The van der Waals surface area contributed by atoms with Gasteiger partial charge >= 0.3 is 0 Å². The number of rotatable bonds is 6. The normalized spacial score (nSPS) is 11.7. The first-order valence-corrected chi connectivity index (χ1v) is 6.79. The zero-order valence-electron chi connectivity index (χ0n) is 12.2. The van der Waals surface area contributed by atoms with Gasteiger partial charge in [-0.25, -0.2) is 0 Å². The zero-order chi connectivity index (χ0) is 15.1. The third-order valence-corrected chi connectivity index (χ3v) is 3.09. The summed E-state index contributed by atoms with van der Waals surface area (Å²) in [5.41, 5.74) is 1.83. The molecule has 110 valence electrons. The number of hydrogen-bond donors (Lipinski definition) is 1. The molecule has 4 nitrogen and oxygen atoms in total. The maximum atomic E-state index is 11.7. The van der Waals surface area contributed by atoms with Crippen LogP contribution in [0.3, 0.4) is 0 Å². The summed E-state index contributed by atoms with van der Waals surface area (Å²) in [7, 11) is 1.50. The van der Waals surface area contributed by atoms with Crippen LogP contribution in [0.5, 0.6) is 5.75 Å². The SMILES string of the molecule is COC(C)C(=O)Nc1ccc(OCc2ccccc2)cc1. The summed E-state index contributed by atoms with van der Waals surface area (Å²) in [6.07, 6.45) is -0.473. The van der Waals surface area contributed by atoms with Gasteiger partial charge in [0, 0.05) is 12.8 Å². The van der Waals surface area contributed by atoms with Crippen LogP contribution in [0.15, 0.2) is 54.6 Å². The molecule has 21 heavy (non-hydrogen) atoms. The number of benzene rings is 2. The first-order chi connectivity index (χ1) is 10.2. The fourth-order valence-corrected chi connectivity index (χ4v) is 1.73. The lowest BCUT2D eigenvalue weighted by Gasteiger charge is -2.11. The molecule has 0 bridgehead atoms. The lowest BCUT2D eigenvalue weighted by atomic mass is 10.2. The van der Waals surface area contributed by atoms with Crippen LogP contribution in [-0.4, -0.2) is 19.1 Å². The Morgan fingerprint density at radius 2 is 1.76 bits per heavy atom. The van der Waals surface area contributed by atoms with Crippen molar-refractivity contribution < 1.29 is 14.3 Å². The second-order valence-corrected chi connectivity index (χ2v) is 4.67. The van der Waals surface area contributed by atoms with Gasteiger partial charge in [0.25, 0.3) is 5.91 Å². The highest BCUT2D eigenvalue weighted by Gasteiger charge is 2.11. The van der Waals surface area contributed by atoms with Gasteiger partial charge in [0.15, 0.2) is 0 Å². The predicted octanol–water partition coefficient (Wildman–Crippen LogP) is 3.24. The van der Waals surface area contributed by atoms with Crippen LogP contribution < -0.4 is 10.1 Å². The highest BCUT2D eigenvalue weighted by Crippen LogP contribution is 2.17. The summed E-state index contributed by atoms with van der Waals surface area (Å²) in [4.78, 5) is 11.7. The highest BCUT2D eigenvalue weighted by molar-refractivity contribution is 5.93. The summed E-state index contributed by atoms with van der Waals surface area (Å²) in [5, 5.41) is 2.77. The average Bonchev–Trinajstić information content (AvgIpc) is 2.54. The molecule has 2 rings (SSSR count). The van der Waals surface area contributed by atoms with Crippen LogP contribution in [0.25, 0.3) is 0 Å². The third-order valence-electron chi connectivity index (χ3n) is 3.09. The molecule has 0 aliphatic carbocycles. The van der Waals surface area contributed by atoms with E-state index in [4.69, 9.17) is 9.47 Å². The van der Waals surface area contributed by atoms with Crippen molar-refractivity contribution in [3.8, 4) is 5.75 Å². The highest BCUT2D eigenvalue weighted by atomic mass is 16.5. The smallest absolute Gasteiger partial charge is 0.253 e. The molecule has 0 radical (unpaired) electrons.